The van der Waals surface area contributed by atoms with Crippen LogP contribution in [0.5, 0.6) is 0 Å². The second-order valence-corrected chi connectivity index (χ2v) is 9.28. The SMILES string of the molecule is CC1(C)CC(Nc2ncnc(Nc3cc(Cl)cc(Cl)c3)c2N)CC(C)(C)N1. The number of nitrogens with two attached hydrogens (primary N) is 1. The third kappa shape index (κ3) is 5.15. The average molecular weight is 409 g/mol. The molecule has 2 aromatic rings. The van der Waals surface area contributed by atoms with Gasteiger partial charge in [-0.25, -0.2) is 9.97 Å². The first kappa shape index (κ1) is 20.0. The smallest absolute Gasteiger partial charge is 0.159 e. The van der Waals surface area contributed by atoms with Crippen LogP contribution < -0.4 is 21.7 Å². The van der Waals surface area contributed by atoms with Crippen molar-refractivity contribution in [2.75, 3.05) is 16.4 Å². The van der Waals surface area contributed by atoms with Gasteiger partial charge in [0.2, 0.25) is 0 Å². The lowest BCUT2D eigenvalue weighted by Gasteiger charge is -2.46. The Morgan fingerprint density at radius 2 is 1.56 bits per heavy atom. The zero-order chi connectivity index (χ0) is 19.8. The van der Waals surface area contributed by atoms with Crippen LogP contribution in [0.2, 0.25) is 10.0 Å². The standard InChI is InChI=1S/C19H26Cl2N6/c1-18(2)8-14(9-19(3,4)27-18)26-17-15(22)16(23-10-24-17)25-13-6-11(20)5-12(21)7-13/h5-7,10,14,27H,8-9,22H2,1-4H3,(H2,23,24,25,26). The molecule has 5 N–H and O–H groups in total. The van der Waals surface area contributed by atoms with E-state index < -0.39 is 0 Å². The number of piperidine rings is 1. The number of nitrogens with zero attached hydrogens (tertiary/aromatic N) is 2. The van der Waals surface area contributed by atoms with Gasteiger partial charge in [0.25, 0.3) is 0 Å². The van der Waals surface area contributed by atoms with E-state index in [2.05, 4.69) is 53.6 Å². The lowest BCUT2D eigenvalue weighted by Crippen LogP contribution is -2.60. The quantitative estimate of drug-likeness (QED) is 0.579. The van der Waals surface area contributed by atoms with E-state index in [9.17, 15) is 0 Å². The van der Waals surface area contributed by atoms with E-state index in [0.717, 1.165) is 12.8 Å². The van der Waals surface area contributed by atoms with Gasteiger partial charge in [-0.15, -0.1) is 0 Å². The molecule has 0 saturated carbocycles. The third-order valence-electron chi connectivity index (χ3n) is 4.54. The van der Waals surface area contributed by atoms with Crippen molar-refractivity contribution in [2.45, 2.75) is 57.7 Å². The summed E-state index contributed by atoms with van der Waals surface area (Å²) in [5.74, 6) is 1.14. The fraction of sp³-hybridized carbons (Fsp3) is 0.474. The van der Waals surface area contributed by atoms with Crippen molar-refractivity contribution in [1.29, 1.82) is 0 Å². The van der Waals surface area contributed by atoms with Gasteiger partial charge in [-0.05, 0) is 58.7 Å². The van der Waals surface area contributed by atoms with E-state index in [1.54, 1.807) is 18.2 Å². The maximum Gasteiger partial charge on any atom is 0.159 e. The number of aromatic nitrogens is 2. The van der Waals surface area contributed by atoms with Gasteiger partial charge in [0.15, 0.2) is 11.6 Å². The topological polar surface area (TPSA) is 87.9 Å². The summed E-state index contributed by atoms with van der Waals surface area (Å²) in [6, 6.07) is 5.45. The Balaban J connectivity index is 1.80. The van der Waals surface area contributed by atoms with Crippen LogP contribution in [0, 0.1) is 0 Å². The average Bonchev–Trinajstić information content (AvgIpc) is 2.47. The number of hydrogen-bond donors (Lipinski definition) is 4. The molecule has 0 spiro atoms. The molecule has 0 amide bonds. The van der Waals surface area contributed by atoms with E-state index in [4.69, 9.17) is 28.9 Å². The Bertz CT molecular complexity index is 801. The van der Waals surface area contributed by atoms with Crippen LogP contribution >= 0.6 is 23.2 Å². The first-order valence-electron chi connectivity index (χ1n) is 8.92. The van der Waals surface area contributed by atoms with Crippen molar-refractivity contribution >= 4 is 46.2 Å². The van der Waals surface area contributed by atoms with Crippen molar-refractivity contribution < 1.29 is 0 Å². The van der Waals surface area contributed by atoms with Crippen molar-refractivity contribution in [3.8, 4) is 0 Å². The number of halogens is 2. The van der Waals surface area contributed by atoms with E-state index in [1.807, 2.05) is 0 Å². The van der Waals surface area contributed by atoms with E-state index in [1.165, 1.54) is 6.33 Å². The van der Waals surface area contributed by atoms with Crippen LogP contribution in [0.3, 0.4) is 0 Å². The predicted octanol–water partition coefficient (Wildman–Crippen LogP) is 4.83. The molecular weight excluding hydrogens is 383 g/mol. The Hall–Kier alpha value is -1.76. The maximum absolute atomic E-state index is 6.33. The highest BCUT2D eigenvalue weighted by Gasteiger charge is 2.37. The highest BCUT2D eigenvalue weighted by Crippen LogP contribution is 2.33. The monoisotopic (exact) mass is 408 g/mol. The Morgan fingerprint density at radius 3 is 2.15 bits per heavy atom. The van der Waals surface area contributed by atoms with Gasteiger partial charge in [0, 0.05) is 32.9 Å². The molecule has 3 rings (SSSR count). The molecule has 1 fully saturated rings. The minimum atomic E-state index is 0.0276. The molecule has 1 aromatic carbocycles. The van der Waals surface area contributed by atoms with Crippen molar-refractivity contribution in [2.24, 2.45) is 0 Å². The first-order valence-corrected chi connectivity index (χ1v) is 9.68. The largest absolute Gasteiger partial charge is 0.393 e. The molecule has 2 heterocycles. The first-order chi connectivity index (χ1) is 12.5. The highest BCUT2D eigenvalue weighted by atomic mass is 35.5. The number of anilines is 4. The fourth-order valence-corrected chi connectivity index (χ4v) is 4.52. The van der Waals surface area contributed by atoms with Crippen LogP contribution in [0.4, 0.5) is 23.0 Å². The van der Waals surface area contributed by atoms with Crippen LogP contribution in [0.1, 0.15) is 40.5 Å². The normalized spacial score (nSPS) is 18.9. The second kappa shape index (κ2) is 7.34. The van der Waals surface area contributed by atoms with Crippen LogP contribution in [-0.2, 0) is 0 Å². The Labute approximate surface area is 170 Å². The molecule has 0 radical (unpaired) electrons. The summed E-state index contributed by atoms with van der Waals surface area (Å²) >= 11 is 12.1. The molecule has 0 atom stereocenters. The molecule has 1 aliphatic rings. The number of rotatable bonds is 4. The molecule has 8 heteroatoms. The molecule has 27 heavy (non-hydrogen) atoms. The second-order valence-electron chi connectivity index (χ2n) is 8.41. The number of nitrogen functional groups attached to an aromatic ring is 1. The van der Waals surface area contributed by atoms with Gasteiger partial charge in [0.05, 0.1) is 0 Å². The third-order valence-corrected chi connectivity index (χ3v) is 4.98. The van der Waals surface area contributed by atoms with Gasteiger partial charge in [-0.3, -0.25) is 0 Å². The molecule has 146 valence electrons. The predicted molar refractivity (Wildman–Crippen MR) is 114 cm³/mol. The summed E-state index contributed by atoms with van der Waals surface area (Å²) in [6.45, 7) is 8.84. The summed E-state index contributed by atoms with van der Waals surface area (Å²) < 4.78 is 0. The Kier molecular flexibility index (Phi) is 5.43. The van der Waals surface area contributed by atoms with E-state index >= 15 is 0 Å². The van der Waals surface area contributed by atoms with Crippen LogP contribution in [0.15, 0.2) is 24.5 Å². The fourth-order valence-electron chi connectivity index (χ4n) is 3.99. The van der Waals surface area contributed by atoms with Gasteiger partial charge in [0.1, 0.15) is 12.0 Å². The number of hydrogen-bond acceptors (Lipinski definition) is 6. The van der Waals surface area contributed by atoms with Crippen molar-refractivity contribution in [1.82, 2.24) is 15.3 Å². The summed E-state index contributed by atoms with van der Waals surface area (Å²) in [7, 11) is 0. The molecule has 6 nitrogen and oxygen atoms in total. The van der Waals surface area contributed by atoms with Gasteiger partial charge in [-0.2, -0.15) is 0 Å². The summed E-state index contributed by atoms with van der Waals surface area (Å²) in [5, 5.41) is 11.4. The molecule has 0 bridgehead atoms. The molecule has 1 aromatic heterocycles. The minimum absolute atomic E-state index is 0.0276. The minimum Gasteiger partial charge on any atom is -0.393 e. The Morgan fingerprint density at radius 1 is 1.00 bits per heavy atom. The zero-order valence-electron chi connectivity index (χ0n) is 16.0. The van der Waals surface area contributed by atoms with Crippen LogP contribution in [-0.4, -0.2) is 27.1 Å². The summed E-state index contributed by atoms with van der Waals surface area (Å²) in [4.78, 5) is 8.60. The molecule has 0 unspecified atom stereocenters. The molecular formula is C19H26Cl2N6. The number of nitrogens with one attached hydrogen (secondary N) is 3. The lowest BCUT2D eigenvalue weighted by molar-refractivity contribution is 0.170. The molecule has 1 saturated heterocycles. The highest BCUT2D eigenvalue weighted by molar-refractivity contribution is 6.35. The van der Waals surface area contributed by atoms with Gasteiger partial charge in [-0.1, -0.05) is 23.2 Å². The zero-order valence-corrected chi connectivity index (χ0v) is 17.5. The molecule has 1 aliphatic heterocycles. The number of benzene rings is 1. The van der Waals surface area contributed by atoms with E-state index in [-0.39, 0.29) is 17.1 Å². The van der Waals surface area contributed by atoms with Crippen molar-refractivity contribution in [3.63, 3.8) is 0 Å². The molecule has 0 aliphatic carbocycles. The van der Waals surface area contributed by atoms with Gasteiger partial charge >= 0.3 is 0 Å². The summed E-state index contributed by atoms with van der Waals surface area (Å²) in [6.07, 6.45) is 3.42. The lowest BCUT2D eigenvalue weighted by atomic mass is 9.79. The van der Waals surface area contributed by atoms with Crippen molar-refractivity contribution in [3.05, 3.63) is 34.6 Å². The van der Waals surface area contributed by atoms with E-state index in [0.29, 0.717) is 33.1 Å². The summed E-state index contributed by atoms with van der Waals surface area (Å²) in [5.41, 5.74) is 7.56. The van der Waals surface area contributed by atoms with Gasteiger partial charge < -0.3 is 21.7 Å². The maximum atomic E-state index is 6.33. The van der Waals surface area contributed by atoms with Crippen LogP contribution in [0.25, 0.3) is 0 Å².